The van der Waals surface area contributed by atoms with Crippen LogP contribution in [0.3, 0.4) is 0 Å². The number of carbonyl (C=O) groups is 2. The first-order chi connectivity index (χ1) is 12.9. The highest BCUT2D eigenvalue weighted by Crippen LogP contribution is 2.14. The highest BCUT2D eigenvalue weighted by atomic mass is 16.2. The van der Waals surface area contributed by atoms with Gasteiger partial charge in [0.2, 0.25) is 17.6 Å². The van der Waals surface area contributed by atoms with E-state index in [4.69, 9.17) is 5.73 Å². The van der Waals surface area contributed by atoms with Crippen LogP contribution in [0.1, 0.15) is 21.5 Å². The number of carbonyl (C=O) groups excluding carboxylic acids is 2. The maximum absolute atomic E-state index is 12.4. The van der Waals surface area contributed by atoms with E-state index < -0.39 is 5.91 Å². The standard InChI is InChI=1S/C19H20N6O2/c1-13-3-5-14(6-4-13)11-24(2)17(26)12-25-22-19(21-23-25)16-9-7-15(8-10-16)18(20)27/h3-10H,11-12H2,1-2H3,(H2,20,27). The minimum Gasteiger partial charge on any atom is -0.366 e. The number of hydrogen-bond acceptors (Lipinski definition) is 5. The van der Waals surface area contributed by atoms with Gasteiger partial charge in [-0.3, -0.25) is 9.59 Å². The quantitative estimate of drug-likeness (QED) is 0.711. The number of tetrazole rings is 1. The van der Waals surface area contributed by atoms with Crippen LogP contribution in [0.25, 0.3) is 11.4 Å². The highest BCUT2D eigenvalue weighted by Gasteiger charge is 2.13. The molecule has 2 N–H and O–H groups in total. The summed E-state index contributed by atoms with van der Waals surface area (Å²) in [4.78, 5) is 26.4. The largest absolute Gasteiger partial charge is 0.366 e. The van der Waals surface area contributed by atoms with Crippen LogP contribution in [-0.2, 0) is 17.9 Å². The summed E-state index contributed by atoms with van der Waals surface area (Å²) in [6, 6.07) is 14.6. The van der Waals surface area contributed by atoms with Gasteiger partial charge >= 0.3 is 0 Å². The number of benzene rings is 2. The molecule has 1 heterocycles. The summed E-state index contributed by atoms with van der Waals surface area (Å²) in [5.41, 5.74) is 8.54. The summed E-state index contributed by atoms with van der Waals surface area (Å²) >= 11 is 0. The molecule has 0 saturated heterocycles. The fourth-order valence-corrected chi connectivity index (χ4v) is 2.51. The van der Waals surface area contributed by atoms with Gasteiger partial charge in [0.25, 0.3) is 0 Å². The second-order valence-electron chi connectivity index (χ2n) is 6.32. The van der Waals surface area contributed by atoms with Crippen LogP contribution in [0.5, 0.6) is 0 Å². The molecule has 8 nitrogen and oxygen atoms in total. The first-order valence-corrected chi connectivity index (χ1v) is 8.40. The van der Waals surface area contributed by atoms with Gasteiger partial charge in [0, 0.05) is 24.7 Å². The van der Waals surface area contributed by atoms with Gasteiger partial charge in [0.05, 0.1) is 0 Å². The van der Waals surface area contributed by atoms with Gasteiger partial charge in [-0.2, -0.15) is 4.80 Å². The summed E-state index contributed by atoms with van der Waals surface area (Å²) in [6.07, 6.45) is 0. The minimum atomic E-state index is -0.500. The van der Waals surface area contributed by atoms with E-state index in [0.717, 1.165) is 5.56 Å². The van der Waals surface area contributed by atoms with Crippen LogP contribution in [0, 0.1) is 6.92 Å². The third kappa shape index (κ3) is 4.55. The average Bonchev–Trinajstić information content (AvgIpc) is 3.12. The van der Waals surface area contributed by atoms with Gasteiger partial charge in [-0.1, -0.05) is 42.0 Å². The van der Waals surface area contributed by atoms with Crippen molar-refractivity contribution in [3.05, 3.63) is 65.2 Å². The molecule has 0 aliphatic carbocycles. The van der Waals surface area contributed by atoms with E-state index in [2.05, 4.69) is 15.4 Å². The molecule has 0 radical (unpaired) electrons. The van der Waals surface area contributed by atoms with Gasteiger partial charge < -0.3 is 10.6 Å². The van der Waals surface area contributed by atoms with Crippen molar-refractivity contribution < 1.29 is 9.59 Å². The smallest absolute Gasteiger partial charge is 0.248 e. The van der Waals surface area contributed by atoms with E-state index in [1.807, 2.05) is 31.2 Å². The van der Waals surface area contributed by atoms with Crippen molar-refractivity contribution in [2.45, 2.75) is 20.0 Å². The predicted octanol–water partition coefficient (Wildman–Crippen LogP) is 1.41. The number of nitrogens with zero attached hydrogens (tertiary/aromatic N) is 5. The van der Waals surface area contributed by atoms with Crippen LogP contribution in [0.4, 0.5) is 0 Å². The summed E-state index contributed by atoms with van der Waals surface area (Å²) in [7, 11) is 1.74. The SMILES string of the molecule is Cc1ccc(CN(C)C(=O)Cn2nnc(-c3ccc(C(N)=O)cc3)n2)cc1. The van der Waals surface area contributed by atoms with Crippen LogP contribution < -0.4 is 5.73 Å². The molecule has 3 rings (SSSR count). The fraction of sp³-hybridized carbons (Fsp3) is 0.211. The van der Waals surface area contributed by atoms with E-state index in [1.54, 1.807) is 36.2 Å². The van der Waals surface area contributed by atoms with Crippen LogP contribution in [0.2, 0.25) is 0 Å². The Morgan fingerprint density at radius 1 is 1.07 bits per heavy atom. The Kier molecular flexibility index (Phi) is 5.25. The molecule has 138 valence electrons. The number of likely N-dealkylation sites (N-methyl/N-ethyl adjacent to an activating group) is 1. The molecule has 0 saturated carbocycles. The Bertz CT molecular complexity index is 947. The maximum atomic E-state index is 12.4. The van der Waals surface area contributed by atoms with Crippen molar-refractivity contribution in [1.29, 1.82) is 0 Å². The number of nitrogens with two attached hydrogens (primary N) is 1. The molecule has 0 atom stereocenters. The summed E-state index contributed by atoms with van der Waals surface area (Å²) in [5, 5.41) is 12.1. The molecular weight excluding hydrogens is 344 g/mol. The molecule has 3 aromatic rings. The van der Waals surface area contributed by atoms with Gasteiger partial charge in [0.1, 0.15) is 6.54 Å². The fourth-order valence-electron chi connectivity index (χ4n) is 2.51. The van der Waals surface area contributed by atoms with Crippen molar-refractivity contribution in [3.8, 4) is 11.4 Å². The molecule has 8 heteroatoms. The normalized spacial score (nSPS) is 10.6. The highest BCUT2D eigenvalue weighted by molar-refractivity contribution is 5.93. The Morgan fingerprint density at radius 3 is 2.37 bits per heavy atom. The molecule has 27 heavy (non-hydrogen) atoms. The lowest BCUT2D eigenvalue weighted by atomic mass is 10.1. The average molecular weight is 364 g/mol. The number of rotatable bonds is 6. The Labute approximate surface area is 156 Å². The molecule has 0 aliphatic rings. The number of primary amides is 1. The lowest BCUT2D eigenvalue weighted by Gasteiger charge is -2.16. The third-order valence-electron chi connectivity index (χ3n) is 4.12. The van der Waals surface area contributed by atoms with E-state index in [-0.39, 0.29) is 12.5 Å². The molecular formula is C19H20N6O2. The van der Waals surface area contributed by atoms with E-state index in [1.165, 1.54) is 10.4 Å². The van der Waals surface area contributed by atoms with Gasteiger partial charge in [0.15, 0.2) is 0 Å². The number of hydrogen-bond donors (Lipinski definition) is 1. The lowest BCUT2D eigenvalue weighted by molar-refractivity contribution is -0.131. The number of aryl methyl sites for hydroxylation is 1. The molecule has 0 aliphatic heterocycles. The monoisotopic (exact) mass is 364 g/mol. The van der Waals surface area contributed by atoms with Crippen LogP contribution >= 0.6 is 0 Å². The third-order valence-corrected chi connectivity index (χ3v) is 4.12. The molecule has 0 fully saturated rings. The molecule has 2 amide bonds. The number of aromatic nitrogens is 4. The molecule has 0 bridgehead atoms. The van der Waals surface area contributed by atoms with E-state index >= 15 is 0 Å². The Hall–Kier alpha value is -3.55. The zero-order chi connectivity index (χ0) is 19.4. The van der Waals surface area contributed by atoms with Gasteiger partial charge in [-0.05, 0) is 29.8 Å². The van der Waals surface area contributed by atoms with Gasteiger partial charge in [-0.25, -0.2) is 0 Å². The van der Waals surface area contributed by atoms with Crippen molar-refractivity contribution in [3.63, 3.8) is 0 Å². The first kappa shape index (κ1) is 18.2. The number of amides is 2. The zero-order valence-electron chi connectivity index (χ0n) is 15.2. The predicted molar refractivity (Wildman–Crippen MR) is 99.4 cm³/mol. The Morgan fingerprint density at radius 2 is 1.74 bits per heavy atom. The minimum absolute atomic E-state index is 0.00523. The summed E-state index contributed by atoms with van der Waals surface area (Å²) < 4.78 is 0. The molecule has 2 aromatic carbocycles. The molecule has 1 aromatic heterocycles. The van der Waals surface area contributed by atoms with Crippen molar-refractivity contribution in [1.82, 2.24) is 25.1 Å². The molecule has 0 unspecified atom stereocenters. The molecule has 0 spiro atoms. The topological polar surface area (TPSA) is 107 Å². The van der Waals surface area contributed by atoms with Crippen molar-refractivity contribution in [2.24, 2.45) is 5.73 Å². The zero-order valence-corrected chi connectivity index (χ0v) is 15.2. The van der Waals surface area contributed by atoms with Crippen LogP contribution in [0.15, 0.2) is 48.5 Å². The van der Waals surface area contributed by atoms with E-state index in [9.17, 15) is 9.59 Å². The summed E-state index contributed by atoms with van der Waals surface area (Å²) in [5.74, 6) is -0.246. The Balaban J connectivity index is 1.63. The second-order valence-corrected chi connectivity index (χ2v) is 6.32. The van der Waals surface area contributed by atoms with Gasteiger partial charge in [-0.15, -0.1) is 10.2 Å². The second kappa shape index (κ2) is 7.77. The van der Waals surface area contributed by atoms with Crippen molar-refractivity contribution >= 4 is 11.8 Å². The summed E-state index contributed by atoms with van der Waals surface area (Å²) in [6.45, 7) is 2.53. The maximum Gasteiger partial charge on any atom is 0.248 e. The van der Waals surface area contributed by atoms with Crippen LogP contribution in [-0.4, -0.2) is 44.0 Å². The first-order valence-electron chi connectivity index (χ1n) is 8.40. The van der Waals surface area contributed by atoms with E-state index in [0.29, 0.717) is 23.5 Å². The van der Waals surface area contributed by atoms with Crippen molar-refractivity contribution in [2.75, 3.05) is 7.05 Å². The lowest BCUT2D eigenvalue weighted by Crippen LogP contribution is -2.30.